The molecule has 5 heteroatoms. The Bertz CT molecular complexity index is 809. The molecule has 0 aliphatic rings. The predicted molar refractivity (Wildman–Crippen MR) is 76.3 cm³/mol. The molecule has 0 bridgehead atoms. The van der Waals surface area contributed by atoms with Crippen LogP contribution in [0.3, 0.4) is 0 Å². The molecule has 0 aliphatic carbocycles. The molecule has 0 saturated heterocycles. The fourth-order valence-corrected chi connectivity index (χ4v) is 2.00. The lowest BCUT2D eigenvalue weighted by atomic mass is 10.1. The standard InChI is InChI=1S/C15H10O4.H3N/c16-10-6-11(17)15-12(18)8-13(19-14(15)7-10)9-4-2-1-3-5-9;/h1-8,16-17H;1H3. The van der Waals surface area contributed by atoms with Crippen molar-refractivity contribution in [3.8, 4) is 22.8 Å². The number of fused-ring (bicyclic) bond motifs is 1. The molecule has 0 aliphatic heterocycles. The van der Waals surface area contributed by atoms with E-state index in [0.717, 1.165) is 11.6 Å². The first-order valence-corrected chi connectivity index (χ1v) is 5.70. The van der Waals surface area contributed by atoms with Crippen molar-refractivity contribution < 1.29 is 14.6 Å². The molecule has 3 rings (SSSR count). The van der Waals surface area contributed by atoms with E-state index in [1.807, 2.05) is 30.3 Å². The van der Waals surface area contributed by atoms with Crippen LogP contribution in [0, 0.1) is 0 Å². The van der Waals surface area contributed by atoms with Crippen molar-refractivity contribution in [3.63, 3.8) is 0 Å². The Labute approximate surface area is 114 Å². The Balaban J connectivity index is 0.00000147. The first-order chi connectivity index (χ1) is 9.15. The first-order valence-electron chi connectivity index (χ1n) is 5.70. The van der Waals surface area contributed by atoms with Crippen LogP contribution in [0.1, 0.15) is 0 Å². The highest BCUT2D eigenvalue weighted by Gasteiger charge is 2.11. The normalized spacial score (nSPS) is 10.2. The molecular weight excluding hydrogens is 258 g/mol. The Morgan fingerprint density at radius 2 is 1.65 bits per heavy atom. The number of benzene rings is 2. The molecule has 0 atom stereocenters. The fourth-order valence-electron chi connectivity index (χ4n) is 2.00. The van der Waals surface area contributed by atoms with Crippen LogP contribution >= 0.6 is 0 Å². The van der Waals surface area contributed by atoms with Crippen LogP contribution in [-0.4, -0.2) is 10.2 Å². The molecule has 20 heavy (non-hydrogen) atoms. The molecule has 1 aromatic heterocycles. The van der Waals surface area contributed by atoms with Gasteiger partial charge in [-0.3, -0.25) is 4.79 Å². The third-order valence-corrected chi connectivity index (χ3v) is 2.85. The van der Waals surface area contributed by atoms with Crippen molar-refractivity contribution in [2.45, 2.75) is 0 Å². The molecule has 0 spiro atoms. The van der Waals surface area contributed by atoms with Gasteiger partial charge in [0.15, 0.2) is 5.43 Å². The van der Waals surface area contributed by atoms with E-state index < -0.39 is 0 Å². The van der Waals surface area contributed by atoms with Crippen LogP contribution in [0.15, 0.2) is 57.7 Å². The summed E-state index contributed by atoms with van der Waals surface area (Å²) in [6.07, 6.45) is 0. The van der Waals surface area contributed by atoms with Crippen molar-refractivity contribution in [3.05, 3.63) is 58.8 Å². The summed E-state index contributed by atoms with van der Waals surface area (Å²) in [4.78, 5) is 12.0. The van der Waals surface area contributed by atoms with Gasteiger partial charge in [0.1, 0.15) is 28.2 Å². The van der Waals surface area contributed by atoms with Crippen LogP contribution < -0.4 is 11.6 Å². The first kappa shape index (κ1) is 13.6. The maximum Gasteiger partial charge on any atom is 0.197 e. The lowest BCUT2D eigenvalue weighted by Gasteiger charge is -2.04. The van der Waals surface area contributed by atoms with Crippen LogP contribution in [-0.2, 0) is 0 Å². The van der Waals surface area contributed by atoms with Crippen LogP contribution in [0.5, 0.6) is 11.5 Å². The van der Waals surface area contributed by atoms with Gasteiger partial charge in [-0.05, 0) is 0 Å². The average molecular weight is 271 g/mol. The molecule has 0 radical (unpaired) electrons. The molecule has 3 aromatic rings. The van der Waals surface area contributed by atoms with Gasteiger partial charge in [0, 0.05) is 23.8 Å². The van der Waals surface area contributed by atoms with Crippen molar-refractivity contribution in [2.75, 3.05) is 0 Å². The van der Waals surface area contributed by atoms with Crippen LogP contribution in [0.4, 0.5) is 0 Å². The molecule has 5 nitrogen and oxygen atoms in total. The van der Waals surface area contributed by atoms with Gasteiger partial charge >= 0.3 is 0 Å². The molecular formula is C15H13NO4. The second-order valence-corrected chi connectivity index (χ2v) is 4.18. The quantitative estimate of drug-likeness (QED) is 0.630. The van der Waals surface area contributed by atoms with Crippen LogP contribution in [0.25, 0.3) is 22.3 Å². The van der Waals surface area contributed by atoms with Crippen molar-refractivity contribution >= 4 is 11.0 Å². The Morgan fingerprint density at radius 3 is 2.35 bits per heavy atom. The minimum absolute atomic E-state index is 0. The number of rotatable bonds is 1. The second-order valence-electron chi connectivity index (χ2n) is 4.18. The summed E-state index contributed by atoms with van der Waals surface area (Å²) in [7, 11) is 0. The minimum Gasteiger partial charge on any atom is -0.508 e. The van der Waals surface area contributed by atoms with E-state index in [0.29, 0.717) is 5.76 Å². The molecule has 0 saturated carbocycles. The molecule has 0 fully saturated rings. The Hall–Kier alpha value is -2.79. The van der Waals surface area contributed by atoms with Gasteiger partial charge in [-0.15, -0.1) is 0 Å². The zero-order valence-corrected chi connectivity index (χ0v) is 10.5. The van der Waals surface area contributed by atoms with Crippen molar-refractivity contribution in [1.29, 1.82) is 0 Å². The summed E-state index contributed by atoms with van der Waals surface area (Å²) in [5, 5.41) is 19.2. The number of hydrogen-bond acceptors (Lipinski definition) is 5. The van der Waals surface area contributed by atoms with Crippen LogP contribution in [0.2, 0.25) is 0 Å². The summed E-state index contributed by atoms with van der Waals surface area (Å²) in [5.74, 6) is -0.0511. The second kappa shape index (κ2) is 5.07. The molecule has 0 unspecified atom stereocenters. The minimum atomic E-state index is -0.349. The molecule has 1 heterocycles. The highest BCUT2D eigenvalue weighted by molar-refractivity contribution is 5.85. The Morgan fingerprint density at radius 1 is 0.950 bits per heavy atom. The van der Waals surface area contributed by atoms with Crippen molar-refractivity contribution in [1.82, 2.24) is 6.15 Å². The van der Waals surface area contributed by atoms with E-state index in [1.54, 1.807) is 0 Å². The number of hydrogen-bond donors (Lipinski definition) is 3. The van der Waals surface area contributed by atoms with E-state index in [2.05, 4.69) is 0 Å². The maximum absolute atomic E-state index is 12.0. The molecule has 5 N–H and O–H groups in total. The topological polar surface area (TPSA) is 106 Å². The largest absolute Gasteiger partial charge is 0.508 e. The number of phenols is 2. The summed E-state index contributed by atoms with van der Waals surface area (Å²) in [6, 6.07) is 12.9. The summed E-state index contributed by atoms with van der Waals surface area (Å²) in [5.41, 5.74) is 0.561. The summed E-state index contributed by atoms with van der Waals surface area (Å²) >= 11 is 0. The van der Waals surface area contributed by atoms with Gasteiger partial charge in [0.25, 0.3) is 0 Å². The zero-order chi connectivity index (χ0) is 13.4. The smallest absolute Gasteiger partial charge is 0.197 e. The SMILES string of the molecule is N.O=c1cc(-c2ccccc2)oc2cc(O)cc(O)c12. The molecule has 0 amide bonds. The van der Waals surface area contributed by atoms with Gasteiger partial charge in [-0.2, -0.15) is 0 Å². The monoisotopic (exact) mass is 271 g/mol. The Kier molecular flexibility index (Phi) is 3.45. The highest BCUT2D eigenvalue weighted by Crippen LogP contribution is 2.30. The molecule has 102 valence electrons. The van der Waals surface area contributed by atoms with E-state index in [9.17, 15) is 15.0 Å². The fraction of sp³-hybridized carbons (Fsp3) is 0. The number of phenolic OH excluding ortho intramolecular Hbond substituents is 2. The van der Waals surface area contributed by atoms with Crippen molar-refractivity contribution in [2.24, 2.45) is 0 Å². The third kappa shape index (κ3) is 2.22. The predicted octanol–water partition coefficient (Wildman–Crippen LogP) is 3.03. The summed E-state index contributed by atoms with van der Waals surface area (Å²) in [6.45, 7) is 0. The maximum atomic E-state index is 12.0. The van der Waals surface area contributed by atoms with Gasteiger partial charge in [-0.25, -0.2) is 0 Å². The van der Waals surface area contributed by atoms with Gasteiger partial charge in [0.2, 0.25) is 0 Å². The van der Waals surface area contributed by atoms with E-state index in [1.165, 1.54) is 12.1 Å². The zero-order valence-electron chi connectivity index (χ0n) is 10.5. The third-order valence-electron chi connectivity index (χ3n) is 2.85. The lowest BCUT2D eigenvalue weighted by Crippen LogP contribution is -2.00. The van der Waals surface area contributed by atoms with E-state index in [-0.39, 0.29) is 34.0 Å². The summed E-state index contributed by atoms with van der Waals surface area (Å²) < 4.78 is 5.57. The lowest BCUT2D eigenvalue weighted by molar-refractivity contribution is 0.452. The van der Waals surface area contributed by atoms with E-state index >= 15 is 0 Å². The number of aromatic hydroxyl groups is 2. The average Bonchev–Trinajstić information content (AvgIpc) is 2.38. The van der Waals surface area contributed by atoms with E-state index in [4.69, 9.17) is 4.42 Å². The highest BCUT2D eigenvalue weighted by atomic mass is 16.3. The van der Waals surface area contributed by atoms with Gasteiger partial charge in [0.05, 0.1) is 0 Å². The van der Waals surface area contributed by atoms with Gasteiger partial charge in [-0.1, -0.05) is 30.3 Å². The van der Waals surface area contributed by atoms with Gasteiger partial charge < -0.3 is 20.8 Å². The molecule has 2 aromatic carbocycles.